The van der Waals surface area contributed by atoms with Crippen LogP contribution in [0.15, 0.2) is 51.9 Å². The number of ether oxygens (including phenoxy) is 2. The van der Waals surface area contributed by atoms with E-state index in [-0.39, 0.29) is 35.0 Å². The summed E-state index contributed by atoms with van der Waals surface area (Å²) in [5.74, 6) is -0.268. The fourth-order valence-corrected chi connectivity index (χ4v) is 2.78. The van der Waals surface area contributed by atoms with Gasteiger partial charge in [0.15, 0.2) is 5.76 Å². The normalized spacial score (nSPS) is 20.7. The van der Waals surface area contributed by atoms with E-state index in [0.29, 0.717) is 13.2 Å². The number of amides is 1. The van der Waals surface area contributed by atoms with Crippen molar-refractivity contribution in [3.8, 4) is 5.75 Å². The van der Waals surface area contributed by atoms with Crippen LogP contribution in [0.1, 0.15) is 29.1 Å². The summed E-state index contributed by atoms with van der Waals surface area (Å²) in [6.07, 6.45) is 1.08. The molecule has 126 valence electrons. The van der Waals surface area contributed by atoms with E-state index in [0.717, 1.165) is 11.8 Å². The Kier molecular flexibility index (Phi) is 4.66. The lowest BCUT2D eigenvalue weighted by Gasteiger charge is -2.38. The molecule has 1 saturated heterocycles. The Balaban J connectivity index is 1.92. The van der Waals surface area contributed by atoms with Crippen LogP contribution in [-0.4, -0.2) is 37.2 Å². The number of morpholine rings is 1. The minimum Gasteiger partial charge on any atom is -0.490 e. The minimum atomic E-state index is -0.385. The molecule has 24 heavy (non-hydrogen) atoms. The van der Waals surface area contributed by atoms with Crippen molar-refractivity contribution in [2.24, 2.45) is 0 Å². The number of benzene rings is 1. The van der Waals surface area contributed by atoms with Crippen LogP contribution in [0.4, 0.5) is 0 Å². The van der Waals surface area contributed by atoms with Gasteiger partial charge in [0.1, 0.15) is 6.26 Å². The first kappa shape index (κ1) is 16.3. The summed E-state index contributed by atoms with van der Waals surface area (Å²) in [6, 6.07) is 10.6. The van der Waals surface area contributed by atoms with Crippen LogP contribution in [-0.2, 0) is 4.74 Å². The Hall–Kier alpha value is -2.60. The monoisotopic (exact) mass is 329 g/mol. The Labute approximate surface area is 139 Å². The SMILES string of the molecule is COc1coc(C(=O)N2C[C@H](C)OC[C@@H]2c2ccccc2)cc1=O. The van der Waals surface area contributed by atoms with Crippen molar-refractivity contribution in [3.63, 3.8) is 0 Å². The summed E-state index contributed by atoms with van der Waals surface area (Å²) in [6.45, 7) is 2.73. The van der Waals surface area contributed by atoms with Gasteiger partial charge in [-0.2, -0.15) is 0 Å². The van der Waals surface area contributed by atoms with E-state index < -0.39 is 0 Å². The predicted octanol–water partition coefficient (Wildman–Crippen LogP) is 2.25. The van der Waals surface area contributed by atoms with Crippen LogP contribution < -0.4 is 10.2 Å². The summed E-state index contributed by atoms with van der Waals surface area (Å²) < 4.78 is 15.9. The molecular weight excluding hydrogens is 310 g/mol. The molecule has 0 unspecified atom stereocenters. The van der Waals surface area contributed by atoms with Crippen LogP contribution in [0.5, 0.6) is 5.75 Å². The van der Waals surface area contributed by atoms with E-state index in [4.69, 9.17) is 13.9 Å². The molecule has 0 radical (unpaired) electrons. The van der Waals surface area contributed by atoms with Crippen LogP contribution in [0.3, 0.4) is 0 Å². The van der Waals surface area contributed by atoms with Crippen molar-refractivity contribution in [1.29, 1.82) is 0 Å². The van der Waals surface area contributed by atoms with Crippen LogP contribution in [0.2, 0.25) is 0 Å². The largest absolute Gasteiger partial charge is 0.490 e. The van der Waals surface area contributed by atoms with Gasteiger partial charge in [0.2, 0.25) is 11.2 Å². The highest BCUT2D eigenvalue weighted by molar-refractivity contribution is 5.91. The molecule has 2 heterocycles. The van der Waals surface area contributed by atoms with Crippen LogP contribution in [0.25, 0.3) is 0 Å². The second-order valence-corrected chi connectivity index (χ2v) is 5.70. The van der Waals surface area contributed by atoms with Gasteiger partial charge in [-0.25, -0.2) is 0 Å². The van der Waals surface area contributed by atoms with Gasteiger partial charge in [-0.3, -0.25) is 9.59 Å². The Bertz CT molecular complexity index is 770. The summed E-state index contributed by atoms with van der Waals surface area (Å²) in [4.78, 5) is 26.5. The molecular formula is C18H19NO5. The lowest BCUT2D eigenvalue weighted by Crippen LogP contribution is -2.46. The van der Waals surface area contributed by atoms with Crippen LogP contribution >= 0.6 is 0 Å². The van der Waals surface area contributed by atoms with Gasteiger partial charge in [0.05, 0.1) is 25.9 Å². The quantitative estimate of drug-likeness (QED) is 0.864. The number of methoxy groups -OCH3 is 1. The zero-order valence-electron chi connectivity index (χ0n) is 13.6. The first-order chi connectivity index (χ1) is 11.6. The van der Waals surface area contributed by atoms with E-state index in [1.54, 1.807) is 4.90 Å². The van der Waals surface area contributed by atoms with Gasteiger partial charge < -0.3 is 18.8 Å². The van der Waals surface area contributed by atoms with Crippen molar-refractivity contribution in [1.82, 2.24) is 4.90 Å². The summed E-state index contributed by atoms with van der Waals surface area (Å²) in [7, 11) is 1.38. The molecule has 1 aromatic carbocycles. The minimum absolute atomic E-state index is 0.00386. The third-order valence-electron chi connectivity index (χ3n) is 4.04. The summed E-state index contributed by atoms with van der Waals surface area (Å²) in [5.41, 5.74) is 0.596. The molecule has 0 aliphatic carbocycles. The number of hydrogen-bond donors (Lipinski definition) is 0. The molecule has 2 atom stereocenters. The lowest BCUT2D eigenvalue weighted by molar-refractivity contribution is -0.0457. The Morgan fingerprint density at radius 1 is 1.29 bits per heavy atom. The summed E-state index contributed by atoms with van der Waals surface area (Å²) in [5, 5.41) is 0. The van der Waals surface area contributed by atoms with E-state index in [1.165, 1.54) is 13.2 Å². The van der Waals surface area contributed by atoms with Crippen molar-refractivity contribution in [2.75, 3.05) is 20.3 Å². The Morgan fingerprint density at radius 2 is 2.04 bits per heavy atom. The van der Waals surface area contributed by atoms with E-state index in [2.05, 4.69) is 0 Å². The smallest absolute Gasteiger partial charge is 0.290 e. The fourth-order valence-electron chi connectivity index (χ4n) is 2.78. The molecule has 2 aromatic rings. The van der Waals surface area contributed by atoms with E-state index >= 15 is 0 Å². The highest BCUT2D eigenvalue weighted by atomic mass is 16.5. The zero-order chi connectivity index (χ0) is 17.1. The number of hydrogen-bond acceptors (Lipinski definition) is 5. The van der Waals surface area contributed by atoms with Crippen molar-refractivity contribution < 1.29 is 18.7 Å². The van der Waals surface area contributed by atoms with Gasteiger partial charge in [-0.15, -0.1) is 0 Å². The van der Waals surface area contributed by atoms with Gasteiger partial charge in [0, 0.05) is 12.6 Å². The van der Waals surface area contributed by atoms with Crippen molar-refractivity contribution in [2.45, 2.75) is 19.1 Å². The Morgan fingerprint density at radius 3 is 2.71 bits per heavy atom. The average molecular weight is 329 g/mol. The maximum absolute atomic E-state index is 12.9. The molecule has 0 saturated carbocycles. The molecule has 6 nitrogen and oxygen atoms in total. The van der Waals surface area contributed by atoms with Gasteiger partial charge in [-0.1, -0.05) is 30.3 Å². The number of rotatable bonds is 3. The van der Waals surface area contributed by atoms with Gasteiger partial charge in [0.25, 0.3) is 5.91 Å². The fraction of sp³-hybridized carbons (Fsp3) is 0.333. The maximum atomic E-state index is 12.9. The topological polar surface area (TPSA) is 69.0 Å². The number of carbonyl (C=O) groups excluding carboxylic acids is 1. The third-order valence-corrected chi connectivity index (χ3v) is 4.04. The molecule has 1 aliphatic rings. The molecule has 0 N–H and O–H groups in total. The third kappa shape index (κ3) is 3.19. The standard InChI is InChI=1S/C18H19NO5/c1-12-9-19(14(10-23-12)13-6-4-3-5-7-13)18(21)16-8-15(20)17(22-2)11-24-16/h3-8,11-12,14H,9-10H2,1-2H3/t12-,14+/m0/s1. The second kappa shape index (κ2) is 6.88. The first-order valence-corrected chi connectivity index (χ1v) is 7.74. The molecule has 0 bridgehead atoms. The van der Waals surface area contributed by atoms with Crippen molar-refractivity contribution >= 4 is 5.91 Å². The molecule has 3 rings (SSSR count). The molecule has 1 fully saturated rings. The van der Waals surface area contributed by atoms with Gasteiger partial charge >= 0.3 is 0 Å². The van der Waals surface area contributed by atoms with Crippen LogP contribution in [0, 0.1) is 0 Å². The van der Waals surface area contributed by atoms with E-state index in [9.17, 15) is 9.59 Å². The number of carbonyl (C=O) groups is 1. The van der Waals surface area contributed by atoms with E-state index in [1.807, 2.05) is 37.3 Å². The zero-order valence-corrected chi connectivity index (χ0v) is 13.6. The van der Waals surface area contributed by atoms with Gasteiger partial charge in [-0.05, 0) is 12.5 Å². The van der Waals surface area contributed by atoms with Crippen molar-refractivity contribution in [3.05, 3.63) is 64.2 Å². The molecule has 0 spiro atoms. The second-order valence-electron chi connectivity index (χ2n) is 5.70. The highest BCUT2D eigenvalue weighted by Crippen LogP contribution is 2.27. The molecule has 1 amide bonds. The highest BCUT2D eigenvalue weighted by Gasteiger charge is 2.33. The number of nitrogens with zero attached hydrogens (tertiary/aromatic N) is 1. The predicted molar refractivity (Wildman–Crippen MR) is 87.2 cm³/mol. The lowest BCUT2D eigenvalue weighted by atomic mass is 10.0. The maximum Gasteiger partial charge on any atom is 0.290 e. The average Bonchev–Trinajstić information content (AvgIpc) is 2.61. The first-order valence-electron chi connectivity index (χ1n) is 7.74. The molecule has 1 aliphatic heterocycles. The summed E-state index contributed by atoms with van der Waals surface area (Å²) >= 11 is 0. The molecule has 1 aromatic heterocycles. The molecule has 6 heteroatoms.